The Labute approximate surface area is 134 Å². The lowest BCUT2D eigenvalue weighted by Crippen LogP contribution is -2.33. The SMILES string of the molecule is COCCN(CC(C)C)c1c(Cl)cccc1CNC(C)C. The summed E-state index contributed by atoms with van der Waals surface area (Å²) in [4.78, 5) is 2.34. The van der Waals surface area contributed by atoms with Crippen molar-refractivity contribution in [3.05, 3.63) is 28.8 Å². The van der Waals surface area contributed by atoms with Crippen LogP contribution in [0.15, 0.2) is 18.2 Å². The minimum atomic E-state index is 0.453. The molecule has 1 N–H and O–H groups in total. The summed E-state index contributed by atoms with van der Waals surface area (Å²) in [6, 6.07) is 6.59. The highest BCUT2D eigenvalue weighted by Gasteiger charge is 2.16. The van der Waals surface area contributed by atoms with Crippen molar-refractivity contribution in [1.82, 2.24) is 5.32 Å². The van der Waals surface area contributed by atoms with Gasteiger partial charge in [-0.1, -0.05) is 51.4 Å². The molecular weight excluding hydrogens is 284 g/mol. The number of methoxy groups -OCH3 is 1. The summed E-state index contributed by atoms with van der Waals surface area (Å²) in [6.07, 6.45) is 0. The molecule has 120 valence electrons. The van der Waals surface area contributed by atoms with Crippen LogP contribution in [-0.4, -0.2) is 32.8 Å². The summed E-state index contributed by atoms with van der Waals surface area (Å²) in [6.45, 7) is 12.1. The van der Waals surface area contributed by atoms with Gasteiger partial charge in [-0.2, -0.15) is 0 Å². The first kappa shape index (κ1) is 18.3. The number of para-hydroxylation sites is 1. The van der Waals surface area contributed by atoms with E-state index < -0.39 is 0 Å². The highest BCUT2D eigenvalue weighted by molar-refractivity contribution is 6.33. The number of benzene rings is 1. The Hall–Kier alpha value is -0.770. The van der Waals surface area contributed by atoms with Crippen molar-refractivity contribution >= 4 is 17.3 Å². The van der Waals surface area contributed by atoms with Crippen molar-refractivity contribution in [2.24, 2.45) is 5.92 Å². The van der Waals surface area contributed by atoms with E-state index in [0.29, 0.717) is 18.6 Å². The molecule has 0 saturated carbocycles. The molecule has 4 heteroatoms. The van der Waals surface area contributed by atoms with Gasteiger partial charge in [-0.05, 0) is 17.5 Å². The van der Waals surface area contributed by atoms with Crippen LogP contribution >= 0.6 is 11.6 Å². The lowest BCUT2D eigenvalue weighted by Gasteiger charge is -2.30. The molecular formula is C17H29ClN2O. The summed E-state index contributed by atoms with van der Waals surface area (Å²) < 4.78 is 5.25. The molecule has 1 rings (SSSR count). The van der Waals surface area contributed by atoms with Crippen LogP contribution in [0.1, 0.15) is 33.3 Å². The summed E-state index contributed by atoms with van der Waals surface area (Å²) in [5.41, 5.74) is 2.38. The summed E-state index contributed by atoms with van der Waals surface area (Å²) in [5, 5.41) is 4.29. The number of nitrogens with one attached hydrogen (secondary N) is 1. The average molecular weight is 313 g/mol. The van der Waals surface area contributed by atoms with Crippen molar-refractivity contribution in [1.29, 1.82) is 0 Å². The summed E-state index contributed by atoms with van der Waals surface area (Å²) >= 11 is 6.49. The van der Waals surface area contributed by atoms with Gasteiger partial charge < -0.3 is 15.0 Å². The number of anilines is 1. The van der Waals surface area contributed by atoms with Crippen LogP contribution in [0.5, 0.6) is 0 Å². The van der Waals surface area contributed by atoms with E-state index in [0.717, 1.165) is 30.3 Å². The largest absolute Gasteiger partial charge is 0.383 e. The monoisotopic (exact) mass is 312 g/mol. The third-order valence-corrected chi connectivity index (χ3v) is 3.54. The highest BCUT2D eigenvalue weighted by atomic mass is 35.5. The molecule has 0 radical (unpaired) electrons. The number of hydrogen-bond donors (Lipinski definition) is 1. The predicted octanol–water partition coefficient (Wildman–Crippen LogP) is 3.95. The molecule has 0 aliphatic heterocycles. The first-order valence-corrected chi connectivity index (χ1v) is 8.08. The average Bonchev–Trinajstić information content (AvgIpc) is 2.41. The maximum Gasteiger partial charge on any atom is 0.0642 e. The standard InChI is InChI=1S/C17H29ClN2O/c1-13(2)12-20(9-10-21-5)17-15(11-19-14(3)4)7-6-8-16(17)18/h6-8,13-14,19H,9-12H2,1-5H3. The third-order valence-electron chi connectivity index (χ3n) is 3.24. The van der Waals surface area contributed by atoms with Gasteiger partial charge in [0.2, 0.25) is 0 Å². The molecule has 1 aromatic carbocycles. The van der Waals surface area contributed by atoms with E-state index in [1.165, 1.54) is 5.56 Å². The van der Waals surface area contributed by atoms with Crippen LogP contribution in [0.25, 0.3) is 0 Å². The quantitative estimate of drug-likeness (QED) is 0.747. The molecule has 0 aliphatic carbocycles. The molecule has 0 bridgehead atoms. The lowest BCUT2D eigenvalue weighted by molar-refractivity contribution is 0.204. The number of nitrogens with zero attached hydrogens (tertiary/aromatic N) is 1. The van der Waals surface area contributed by atoms with E-state index in [2.05, 4.69) is 44.0 Å². The zero-order valence-electron chi connectivity index (χ0n) is 13.9. The van der Waals surface area contributed by atoms with E-state index in [1.54, 1.807) is 7.11 Å². The molecule has 1 aromatic rings. The second-order valence-corrected chi connectivity index (χ2v) is 6.52. The number of rotatable bonds is 9. The van der Waals surface area contributed by atoms with Crippen molar-refractivity contribution in [2.45, 2.75) is 40.3 Å². The Balaban J connectivity index is 3.02. The normalized spacial score (nSPS) is 11.4. The van der Waals surface area contributed by atoms with E-state index >= 15 is 0 Å². The number of hydrogen-bond acceptors (Lipinski definition) is 3. The zero-order valence-corrected chi connectivity index (χ0v) is 14.7. The predicted molar refractivity (Wildman–Crippen MR) is 92.4 cm³/mol. The van der Waals surface area contributed by atoms with Crippen molar-refractivity contribution in [3.8, 4) is 0 Å². The fraction of sp³-hybridized carbons (Fsp3) is 0.647. The van der Waals surface area contributed by atoms with Gasteiger partial charge in [-0.25, -0.2) is 0 Å². The fourth-order valence-corrected chi connectivity index (χ4v) is 2.62. The second-order valence-electron chi connectivity index (χ2n) is 6.12. The zero-order chi connectivity index (χ0) is 15.8. The van der Waals surface area contributed by atoms with Crippen LogP contribution in [-0.2, 0) is 11.3 Å². The van der Waals surface area contributed by atoms with Gasteiger partial charge in [0.1, 0.15) is 0 Å². The maximum atomic E-state index is 6.49. The van der Waals surface area contributed by atoms with Crippen molar-refractivity contribution in [3.63, 3.8) is 0 Å². The molecule has 0 saturated heterocycles. The van der Waals surface area contributed by atoms with E-state index in [9.17, 15) is 0 Å². The van der Waals surface area contributed by atoms with E-state index in [1.807, 2.05) is 12.1 Å². The van der Waals surface area contributed by atoms with Crippen LogP contribution < -0.4 is 10.2 Å². The first-order valence-electron chi connectivity index (χ1n) is 7.70. The van der Waals surface area contributed by atoms with Gasteiger partial charge in [0.05, 0.1) is 17.3 Å². The Morgan fingerprint density at radius 2 is 1.95 bits per heavy atom. The van der Waals surface area contributed by atoms with Gasteiger partial charge in [-0.3, -0.25) is 0 Å². The molecule has 0 aliphatic rings. The number of ether oxygens (including phenoxy) is 1. The molecule has 0 fully saturated rings. The van der Waals surface area contributed by atoms with Crippen LogP contribution in [0.2, 0.25) is 5.02 Å². The second kappa shape index (κ2) is 9.29. The highest BCUT2D eigenvalue weighted by Crippen LogP contribution is 2.30. The molecule has 0 atom stereocenters. The molecule has 0 amide bonds. The Bertz CT molecular complexity index is 421. The number of halogens is 1. The summed E-state index contributed by atoms with van der Waals surface area (Å²) in [5.74, 6) is 0.573. The van der Waals surface area contributed by atoms with E-state index in [-0.39, 0.29) is 0 Å². The van der Waals surface area contributed by atoms with E-state index in [4.69, 9.17) is 16.3 Å². The molecule has 0 unspecified atom stereocenters. The Morgan fingerprint density at radius 1 is 1.24 bits per heavy atom. The molecule has 0 heterocycles. The fourth-order valence-electron chi connectivity index (χ4n) is 2.31. The first-order chi connectivity index (χ1) is 9.95. The van der Waals surface area contributed by atoms with Gasteiger partial charge in [0.25, 0.3) is 0 Å². The van der Waals surface area contributed by atoms with Crippen LogP contribution in [0.3, 0.4) is 0 Å². The summed E-state index contributed by atoms with van der Waals surface area (Å²) in [7, 11) is 1.74. The maximum absolute atomic E-state index is 6.49. The van der Waals surface area contributed by atoms with Crippen LogP contribution in [0.4, 0.5) is 5.69 Å². The minimum Gasteiger partial charge on any atom is -0.383 e. The van der Waals surface area contributed by atoms with Crippen LogP contribution in [0, 0.1) is 5.92 Å². The van der Waals surface area contributed by atoms with Gasteiger partial charge in [-0.15, -0.1) is 0 Å². The molecule has 3 nitrogen and oxygen atoms in total. The lowest BCUT2D eigenvalue weighted by atomic mass is 10.1. The van der Waals surface area contributed by atoms with Crippen molar-refractivity contribution < 1.29 is 4.74 Å². The molecule has 0 spiro atoms. The topological polar surface area (TPSA) is 24.5 Å². The molecule has 0 aromatic heterocycles. The smallest absolute Gasteiger partial charge is 0.0642 e. The van der Waals surface area contributed by atoms with Crippen molar-refractivity contribution in [2.75, 3.05) is 31.7 Å². The van der Waals surface area contributed by atoms with Gasteiger partial charge in [0.15, 0.2) is 0 Å². The van der Waals surface area contributed by atoms with Gasteiger partial charge >= 0.3 is 0 Å². The minimum absolute atomic E-state index is 0.453. The molecule has 21 heavy (non-hydrogen) atoms. The Kier molecular flexibility index (Phi) is 8.09. The Morgan fingerprint density at radius 3 is 2.52 bits per heavy atom. The third kappa shape index (κ3) is 6.25. The van der Waals surface area contributed by atoms with Gasteiger partial charge in [0, 0.05) is 32.8 Å².